The van der Waals surface area contributed by atoms with Gasteiger partial charge in [-0.25, -0.2) is 0 Å². The molecule has 2 rings (SSSR count). The molecule has 5 heteroatoms. The minimum absolute atomic E-state index is 0.00609. The van der Waals surface area contributed by atoms with E-state index in [4.69, 9.17) is 5.73 Å². The van der Waals surface area contributed by atoms with Crippen LogP contribution in [0.15, 0.2) is 6.20 Å². The van der Waals surface area contributed by atoms with Gasteiger partial charge in [0.15, 0.2) is 0 Å². The summed E-state index contributed by atoms with van der Waals surface area (Å²) in [5, 5.41) is 7.35. The maximum Gasteiger partial charge on any atom is 0.254 e. The van der Waals surface area contributed by atoms with Gasteiger partial charge in [0.05, 0.1) is 11.8 Å². The normalized spacial score (nSPS) is 16.4. The Labute approximate surface area is 120 Å². The van der Waals surface area contributed by atoms with E-state index in [2.05, 4.69) is 24.3 Å². The van der Waals surface area contributed by atoms with Crippen molar-refractivity contribution in [3.63, 3.8) is 0 Å². The third-order valence-corrected chi connectivity index (χ3v) is 4.64. The molecule has 3 N–H and O–H groups in total. The minimum atomic E-state index is -0.00609. The highest BCUT2D eigenvalue weighted by Crippen LogP contribution is 2.51. The number of carbonyl (C=O) groups excluding carboxylic acids is 1. The van der Waals surface area contributed by atoms with Gasteiger partial charge in [-0.05, 0) is 44.1 Å². The first-order valence-electron chi connectivity index (χ1n) is 7.51. The molecule has 0 saturated heterocycles. The van der Waals surface area contributed by atoms with Crippen molar-refractivity contribution in [1.29, 1.82) is 0 Å². The van der Waals surface area contributed by atoms with Crippen LogP contribution in [0, 0.1) is 18.3 Å². The molecule has 0 radical (unpaired) electrons. The molecule has 20 heavy (non-hydrogen) atoms. The Morgan fingerprint density at radius 2 is 2.25 bits per heavy atom. The molecule has 5 nitrogen and oxygen atoms in total. The van der Waals surface area contributed by atoms with E-state index >= 15 is 0 Å². The third-order valence-electron chi connectivity index (χ3n) is 4.64. The van der Waals surface area contributed by atoms with E-state index in [9.17, 15) is 4.79 Å². The Hall–Kier alpha value is -1.36. The highest BCUT2D eigenvalue weighted by atomic mass is 16.1. The molecule has 0 atom stereocenters. The van der Waals surface area contributed by atoms with Crippen LogP contribution in [0.2, 0.25) is 0 Å². The standard InChI is InChI=1S/C15H26N4O/c1-11(2)15(5-6-15)10-17-14(20)13-9-18-19(12(13)3)8-4-7-16/h9,11H,4-8,10,16H2,1-3H3,(H,17,20). The predicted octanol–water partition coefficient (Wildman–Crippen LogP) is 1.71. The first-order chi connectivity index (χ1) is 9.50. The second kappa shape index (κ2) is 5.95. The summed E-state index contributed by atoms with van der Waals surface area (Å²) in [4.78, 5) is 12.3. The lowest BCUT2D eigenvalue weighted by molar-refractivity contribution is 0.0939. The third kappa shape index (κ3) is 3.03. The van der Waals surface area contributed by atoms with Crippen molar-refractivity contribution in [1.82, 2.24) is 15.1 Å². The van der Waals surface area contributed by atoms with Gasteiger partial charge in [0.25, 0.3) is 5.91 Å². The number of nitrogens with one attached hydrogen (secondary N) is 1. The van der Waals surface area contributed by atoms with Gasteiger partial charge in [0.2, 0.25) is 0 Å². The van der Waals surface area contributed by atoms with E-state index in [0.29, 0.717) is 23.4 Å². The number of hydrogen-bond acceptors (Lipinski definition) is 3. The van der Waals surface area contributed by atoms with Gasteiger partial charge in [-0.3, -0.25) is 9.48 Å². The van der Waals surface area contributed by atoms with Gasteiger partial charge in [-0.2, -0.15) is 5.10 Å². The molecular weight excluding hydrogens is 252 g/mol. The van der Waals surface area contributed by atoms with Crippen LogP contribution in [0.4, 0.5) is 0 Å². The number of amides is 1. The van der Waals surface area contributed by atoms with E-state index in [1.54, 1.807) is 6.20 Å². The molecule has 0 bridgehead atoms. The molecule has 0 aromatic carbocycles. The second-order valence-corrected chi connectivity index (χ2v) is 6.21. The molecule has 1 aliphatic rings. The SMILES string of the molecule is Cc1c(C(=O)NCC2(C(C)C)CC2)cnn1CCCN. The summed E-state index contributed by atoms with van der Waals surface area (Å²) in [5.74, 6) is 0.615. The molecule has 0 spiro atoms. The molecule has 1 aromatic heterocycles. The topological polar surface area (TPSA) is 72.9 Å². The fraction of sp³-hybridized carbons (Fsp3) is 0.733. The summed E-state index contributed by atoms with van der Waals surface area (Å²) in [7, 11) is 0. The van der Waals surface area contributed by atoms with E-state index in [1.165, 1.54) is 12.8 Å². The highest BCUT2D eigenvalue weighted by Gasteiger charge is 2.45. The largest absolute Gasteiger partial charge is 0.351 e. The van der Waals surface area contributed by atoms with Gasteiger partial charge in [-0.1, -0.05) is 13.8 Å². The summed E-state index contributed by atoms with van der Waals surface area (Å²) < 4.78 is 1.86. The maximum atomic E-state index is 12.3. The van der Waals surface area contributed by atoms with Gasteiger partial charge in [0, 0.05) is 18.8 Å². The lowest BCUT2D eigenvalue weighted by Gasteiger charge is -2.19. The van der Waals surface area contributed by atoms with Gasteiger partial charge >= 0.3 is 0 Å². The lowest BCUT2D eigenvalue weighted by atomic mass is 9.92. The number of nitrogens with zero attached hydrogens (tertiary/aromatic N) is 2. The number of rotatable bonds is 7. The second-order valence-electron chi connectivity index (χ2n) is 6.21. The average molecular weight is 278 g/mol. The first-order valence-corrected chi connectivity index (χ1v) is 7.51. The summed E-state index contributed by atoms with van der Waals surface area (Å²) in [6.07, 6.45) is 4.98. The van der Waals surface area contributed by atoms with Crippen LogP contribution < -0.4 is 11.1 Å². The van der Waals surface area contributed by atoms with Crippen molar-refractivity contribution >= 4 is 5.91 Å². The van der Waals surface area contributed by atoms with Crippen molar-refractivity contribution in [3.05, 3.63) is 17.5 Å². The van der Waals surface area contributed by atoms with Gasteiger partial charge < -0.3 is 11.1 Å². The van der Waals surface area contributed by atoms with E-state index < -0.39 is 0 Å². The first kappa shape index (κ1) is 15.0. The molecule has 1 aromatic rings. The Kier molecular flexibility index (Phi) is 4.48. The van der Waals surface area contributed by atoms with Crippen LogP contribution in [0.25, 0.3) is 0 Å². The van der Waals surface area contributed by atoms with Crippen LogP contribution in [0.1, 0.15) is 49.2 Å². The maximum absolute atomic E-state index is 12.3. The fourth-order valence-electron chi connectivity index (χ4n) is 2.61. The molecule has 112 valence electrons. The van der Waals surface area contributed by atoms with Crippen LogP contribution in [-0.4, -0.2) is 28.8 Å². The van der Waals surface area contributed by atoms with Crippen molar-refractivity contribution in [3.8, 4) is 0 Å². The lowest BCUT2D eigenvalue weighted by Crippen LogP contribution is -2.32. The fourth-order valence-corrected chi connectivity index (χ4v) is 2.61. The number of aromatic nitrogens is 2. The van der Waals surface area contributed by atoms with Crippen molar-refractivity contribution < 1.29 is 4.79 Å². The number of carbonyl (C=O) groups is 1. The summed E-state index contributed by atoms with van der Waals surface area (Å²) >= 11 is 0. The Balaban J connectivity index is 1.94. The predicted molar refractivity (Wildman–Crippen MR) is 79.5 cm³/mol. The molecule has 1 amide bonds. The Morgan fingerprint density at radius 1 is 1.55 bits per heavy atom. The summed E-state index contributed by atoms with van der Waals surface area (Å²) in [6.45, 7) is 8.58. The monoisotopic (exact) mass is 278 g/mol. The van der Waals surface area contributed by atoms with E-state index in [-0.39, 0.29) is 5.91 Å². The zero-order chi connectivity index (χ0) is 14.8. The smallest absolute Gasteiger partial charge is 0.254 e. The van der Waals surface area contributed by atoms with E-state index in [1.807, 2.05) is 11.6 Å². The summed E-state index contributed by atoms with van der Waals surface area (Å²) in [5.41, 5.74) is 7.44. The molecule has 0 unspecified atom stereocenters. The zero-order valence-electron chi connectivity index (χ0n) is 12.8. The molecule has 1 aliphatic carbocycles. The van der Waals surface area contributed by atoms with Crippen molar-refractivity contribution in [2.75, 3.05) is 13.1 Å². The molecule has 0 aliphatic heterocycles. The average Bonchev–Trinajstić information content (AvgIpc) is 3.13. The highest BCUT2D eigenvalue weighted by molar-refractivity contribution is 5.95. The van der Waals surface area contributed by atoms with Crippen LogP contribution in [0.5, 0.6) is 0 Å². The van der Waals surface area contributed by atoms with Crippen LogP contribution in [0.3, 0.4) is 0 Å². The number of nitrogens with two attached hydrogens (primary N) is 1. The Morgan fingerprint density at radius 3 is 2.80 bits per heavy atom. The molecule has 1 saturated carbocycles. The quantitative estimate of drug-likeness (QED) is 0.797. The van der Waals surface area contributed by atoms with Crippen molar-refractivity contribution in [2.24, 2.45) is 17.1 Å². The van der Waals surface area contributed by atoms with Gasteiger partial charge in [-0.15, -0.1) is 0 Å². The molecule has 1 fully saturated rings. The number of hydrogen-bond donors (Lipinski definition) is 2. The number of aryl methyl sites for hydroxylation is 1. The minimum Gasteiger partial charge on any atom is -0.351 e. The van der Waals surface area contributed by atoms with E-state index in [0.717, 1.165) is 25.2 Å². The van der Waals surface area contributed by atoms with Crippen LogP contribution in [-0.2, 0) is 6.54 Å². The Bertz CT molecular complexity index is 474. The van der Waals surface area contributed by atoms with Crippen LogP contribution >= 0.6 is 0 Å². The zero-order valence-corrected chi connectivity index (χ0v) is 12.8. The van der Waals surface area contributed by atoms with Gasteiger partial charge in [0.1, 0.15) is 0 Å². The van der Waals surface area contributed by atoms with Crippen molar-refractivity contribution in [2.45, 2.75) is 46.6 Å². The molecule has 1 heterocycles. The molecular formula is C15H26N4O. The summed E-state index contributed by atoms with van der Waals surface area (Å²) in [6, 6.07) is 0.